The van der Waals surface area contributed by atoms with E-state index in [1.165, 1.54) is 6.08 Å². The second-order valence-electron chi connectivity index (χ2n) is 6.74. The molecule has 1 aliphatic heterocycles. The van der Waals surface area contributed by atoms with E-state index in [-0.39, 0.29) is 24.0 Å². The maximum Gasteiger partial charge on any atom is 0.329 e. The van der Waals surface area contributed by atoms with E-state index in [2.05, 4.69) is 26.6 Å². The van der Waals surface area contributed by atoms with Crippen molar-refractivity contribution in [1.82, 2.24) is 10.2 Å². The zero-order valence-corrected chi connectivity index (χ0v) is 19.0. The van der Waals surface area contributed by atoms with Gasteiger partial charge in [0.1, 0.15) is 12.2 Å². The normalized spacial score (nSPS) is 14.2. The molecule has 0 bridgehead atoms. The summed E-state index contributed by atoms with van der Waals surface area (Å²) in [4.78, 5) is 47.9. The van der Waals surface area contributed by atoms with Gasteiger partial charge in [0.25, 0.3) is 11.8 Å². The van der Waals surface area contributed by atoms with Gasteiger partial charge in [0.15, 0.2) is 18.1 Å². The summed E-state index contributed by atoms with van der Waals surface area (Å²) >= 11 is 3.38. The van der Waals surface area contributed by atoms with E-state index in [0.717, 1.165) is 0 Å². The van der Waals surface area contributed by atoms with Gasteiger partial charge in [-0.05, 0) is 58.8 Å². The number of nitrogens with one attached hydrogen (secondary N) is 2. The summed E-state index contributed by atoms with van der Waals surface area (Å²) in [5.41, 5.74) is 1.04. The maximum atomic E-state index is 12.3. The van der Waals surface area contributed by atoms with Gasteiger partial charge in [-0.3, -0.25) is 14.4 Å². The molecule has 0 saturated carbocycles. The van der Waals surface area contributed by atoms with Crippen LogP contribution in [0.2, 0.25) is 0 Å². The molecule has 0 aromatic heterocycles. The Kier molecular flexibility index (Phi) is 7.67. The van der Waals surface area contributed by atoms with Crippen LogP contribution in [0.1, 0.15) is 12.5 Å². The summed E-state index contributed by atoms with van der Waals surface area (Å²) in [6.07, 6.45) is 1.39. The Bertz CT molecular complexity index is 1120. The predicted octanol–water partition coefficient (Wildman–Crippen LogP) is 2.84. The standard InChI is InChI=1S/C22H20BrN3O7/c1-2-32-17-10-13(9-16-21(30)26(11-19(28)29)22(31)25-16)8-15(23)20(17)33-12-18(27)24-14-6-4-3-5-7-14/h3-10H,2,11-12H2,1H3,(H,24,27)(H,25,31)(H,28,29)/b16-9+. The van der Waals surface area contributed by atoms with Gasteiger partial charge in [0, 0.05) is 5.69 Å². The first-order valence-corrected chi connectivity index (χ1v) is 10.6. The molecule has 1 aliphatic rings. The summed E-state index contributed by atoms with van der Waals surface area (Å²) in [7, 11) is 0. The molecule has 1 fully saturated rings. The van der Waals surface area contributed by atoms with Crippen molar-refractivity contribution in [3.63, 3.8) is 0 Å². The highest BCUT2D eigenvalue weighted by molar-refractivity contribution is 9.10. The van der Waals surface area contributed by atoms with Gasteiger partial charge in [-0.15, -0.1) is 0 Å². The van der Waals surface area contributed by atoms with Crippen molar-refractivity contribution in [2.75, 3.05) is 25.1 Å². The number of aliphatic carboxylic acids is 1. The van der Waals surface area contributed by atoms with E-state index in [4.69, 9.17) is 14.6 Å². The summed E-state index contributed by atoms with van der Waals surface area (Å²) in [5, 5.41) is 13.9. The SMILES string of the molecule is CCOc1cc(/C=C2/NC(=O)N(CC(=O)O)C2=O)cc(Br)c1OCC(=O)Nc1ccccc1. The molecule has 0 radical (unpaired) electrons. The topological polar surface area (TPSA) is 134 Å². The number of carbonyl (C=O) groups excluding carboxylic acids is 3. The van der Waals surface area contributed by atoms with E-state index in [1.54, 1.807) is 43.3 Å². The molecule has 11 heteroatoms. The lowest BCUT2D eigenvalue weighted by molar-refractivity contribution is -0.140. The van der Waals surface area contributed by atoms with Gasteiger partial charge < -0.3 is 25.2 Å². The molecule has 2 aromatic rings. The second-order valence-corrected chi connectivity index (χ2v) is 7.59. The number of hydrogen-bond donors (Lipinski definition) is 3. The molecular weight excluding hydrogens is 498 g/mol. The van der Waals surface area contributed by atoms with Crippen LogP contribution in [0.3, 0.4) is 0 Å². The molecule has 33 heavy (non-hydrogen) atoms. The van der Waals surface area contributed by atoms with Crippen molar-refractivity contribution in [3.05, 3.63) is 58.2 Å². The third kappa shape index (κ3) is 6.10. The molecular formula is C22H20BrN3O7. The molecule has 0 unspecified atom stereocenters. The number of hydrogen-bond acceptors (Lipinski definition) is 6. The Labute approximate surface area is 197 Å². The van der Waals surface area contributed by atoms with E-state index in [9.17, 15) is 19.2 Å². The first-order valence-electron chi connectivity index (χ1n) is 9.79. The van der Waals surface area contributed by atoms with Gasteiger partial charge in [0.2, 0.25) is 0 Å². The number of ether oxygens (including phenoxy) is 2. The number of nitrogens with zero attached hydrogens (tertiary/aromatic N) is 1. The smallest absolute Gasteiger partial charge is 0.329 e. The number of anilines is 1. The van der Waals surface area contributed by atoms with E-state index < -0.39 is 24.5 Å². The fourth-order valence-corrected chi connectivity index (χ4v) is 3.52. The Balaban J connectivity index is 1.77. The number of imide groups is 1. The van der Waals surface area contributed by atoms with Crippen molar-refractivity contribution in [2.45, 2.75) is 6.92 Å². The summed E-state index contributed by atoms with van der Waals surface area (Å²) in [5.74, 6) is -1.82. The van der Waals surface area contributed by atoms with Crippen LogP contribution in [-0.4, -0.2) is 53.6 Å². The van der Waals surface area contributed by atoms with Crippen LogP contribution in [0.25, 0.3) is 6.08 Å². The molecule has 4 amide bonds. The minimum Gasteiger partial charge on any atom is -0.490 e. The number of benzene rings is 2. The number of carbonyl (C=O) groups is 4. The molecule has 10 nitrogen and oxygen atoms in total. The van der Waals surface area contributed by atoms with Crippen LogP contribution in [0, 0.1) is 0 Å². The van der Waals surface area contributed by atoms with Crippen molar-refractivity contribution in [3.8, 4) is 11.5 Å². The second kappa shape index (κ2) is 10.6. The highest BCUT2D eigenvalue weighted by Gasteiger charge is 2.35. The van der Waals surface area contributed by atoms with Crippen LogP contribution in [0.4, 0.5) is 10.5 Å². The molecule has 0 aliphatic carbocycles. The highest BCUT2D eigenvalue weighted by atomic mass is 79.9. The average molecular weight is 518 g/mol. The fourth-order valence-electron chi connectivity index (χ4n) is 2.95. The van der Waals surface area contributed by atoms with Crippen molar-refractivity contribution >= 4 is 51.5 Å². The number of rotatable bonds is 9. The van der Waals surface area contributed by atoms with Gasteiger partial charge in [0.05, 0.1) is 11.1 Å². The first kappa shape index (κ1) is 23.8. The molecule has 1 heterocycles. The number of urea groups is 1. The monoisotopic (exact) mass is 517 g/mol. The lowest BCUT2D eigenvalue weighted by atomic mass is 10.1. The van der Waals surface area contributed by atoms with Crippen LogP contribution >= 0.6 is 15.9 Å². The molecule has 1 saturated heterocycles. The van der Waals surface area contributed by atoms with Crippen molar-refractivity contribution in [2.24, 2.45) is 0 Å². The van der Waals surface area contributed by atoms with Crippen molar-refractivity contribution in [1.29, 1.82) is 0 Å². The molecule has 3 N–H and O–H groups in total. The minimum absolute atomic E-state index is 0.0773. The fraction of sp³-hybridized carbons (Fsp3) is 0.182. The minimum atomic E-state index is -1.31. The summed E-state index contributed by atoms with van der Waals surface area (Å²) in [6.45, 7) is 1.07. The molecule has 0 spiro atoms. The number of para-hydroxylation sites is 1. The third-order valence-electron chi connectivity index (χ3n) is 4.30. The van der Waals surface area contributed by atoms with Crippen LogP contribution < -0.4 is 20.1 Å². The average Bonchev–Trinajstić information content (AvgIpc) is 3.01. The Morgan fingerprint density at radius 3 is 2.58 bits per heavy atom. The third-order valence-corrected chi connectivity index (χ3v) is 4.89. The Morgan fingerprint density at radius 2 is 1.91 bits per heavy atom. The van der Waals surface area contributed by atoms with Crippen LogP contribution in [0.15, 0.2) is 52.6 Å². The van der Waals surface area contributed by atoms with E-state index in [0.29, 0.717) is 33.0 Å². The largest absolute Gasteiger partial charge is 0.490 e. The highest BCUT2D eigenvalue weighted by Crippen LogP contribution is 2.37. The van der Waals surface area contributed by atoms with Crippen LogP contribution in [0.5, 0.6) is 11.5 Å². The lowest BCUT2D eigenvalue weighted by Crippen LogP contribution is -2.35. The zero-order valence-electron chi connectivity index (χ0n) is 17.5. The van der Waals surface area contributed by atoms with Crippen LogP contribution in [-0.2, 0) is 14.4 Å². The number of amides is 4. The maximum absolute atomic E-state index is 12.3. The van der Waals surface area contributed by atoms with Gasteiger partial charge in [-0.1, -0.05) is 18.2 Å². The Hall–Kier alpha value is -3.86. The predicted molar refractivity (Wildman–Crippen MR) is 122 cm³/mol. The van der Waals surface area contributed by atoms with Gasteiger partial charge >= 0.3 is 12.0 Å². The van der Waals surface area contributed by atoms with Gasteiger partial charge in [-0.25, -0.2) is 9.69 Å². The number of carboxylic acids is 1. The Morgan fingerprint density at radius 1 is 1.18 bits per heavy atom. The zero-order chi connectivity index (χ0) is 24.0. The number of carboxylic acid groups (broad SMARTS) is 1. The van der Waals surface area contributed by atoms with Crippen molar-refractivity contribution < 1.29 is 33.8 Å². The summed E-state index contributed by atoms with van der Waals surface area (Å²) in [6, 6.07) is 11.3. The number of halogens is 1. The quantitative estimate of drug-likeness (QED) is 0.343. The summed E-state index contributed by atoms with van der Waals surface area (Å²) < 4.78 is 11.7. The molecule has 2 aromatic carbocycles. The molecule has 3 rings (SSSR count). The lowest BCUT2D eigenvalue weighted by Gasteiger charge is -2.15. The molecule has 0 atom stereocenters. The first-order chi connectivity index (χ1) is 15.8. The molecule has 172 valence electrons. The van der Waals surface area contributed by atoms with Gasteiger partial charge in [-0.2, -0.15) is 0 Å². The van der Waals surface area contributed by atoms with E-state index >= 15 is 0 Å². The van der Waals surface area contributed by atoms with E-state index in [1.807, 2.05) is 6.07 Å².